The third-order valence-corrected chi connectivity index (χ3v) is 7.93. The fourth-order valence-electron chi connectivity index (χ4n) is 5.30. The Labute approximate surface area is 214 Å². The topological polar surface area (TPSA) is 131 Å². The molecule has 11 heteroatoms. The second-order valence-electron chi connectivity index (χ2n) is 9.78. The number of aliphatic hydroxyl groups is 2. The molecule has 0 saturated heterocycles. The summed E-state index contributed by atoms with van der Waals surface area (Å²) in [4.78, 5) is 43.1. The molecule has 0 unspecified atom stereocenters. The molecular weight excluding hydrogens is 505 g/mol. The Morgan fingerprint density at radius 3 is 2.81 bits per heavy atom. The molecule has 1 amide bonds. The van der Waals surface area contributed by atoms with Crippen LogP contribution in [-0.2, 0) is 39.6 Å². The lowest BCUT2D eigenvalue weighted by molar-refractivity contribution is -0.172. The fraction of sp³-hybridized carbons (Fsp3) is 0.385. The number of aromatic nitrogens is 2. The second kappa shape index (κ2) is 8.34. The van der Waals surface area contributed by atoms with Crippen molar-refractivity contribution in [2.75, 3.05) is 0 Å². The maximum absolute atomic E-state index is 15.3. The van der Waals surface area contributed by atoms with E-state index in [4.69, 9.17) is 16.3 Å². The summed E-state index contributed by atoms with van der Waals surface area (Å²) in [5, 5.41) is 24.0. The number of rotatable bonds is 5. The van der Waals surface area contributed by atoms with Crippen LogP contribution >= 0.6 is 11.6 Å². The molecule has 192 valence electrons. The number of ether oxygens (including phenoxy) is 1. The summed E-state index contributed by atoms with van der Waals surface area (Å²) in [5.74, 6) is -2.17. The second-order valence-corrected chi connectivity index (χ2v) is 10.2. The molecule has 0 radical (unpaired) electrons. The smallest absolute Gasteiger partial charge is 0.343 e. The number of nitrogens with zero attached hydrogens (tertiary/aromatic N) is 2. The minimum atomic E-state index is -1.97. The highest BCUT2D eigenvalue weighted by molar-refractivity contribution is 6.31. The van der Waals surface area contributed by atoms with Gasteiger partial charge in [-0.05, 0) is 48.9 Å². The third-order valence-electron chi connectivity index (χ3n) is 7.64. The summed E-state index contributed by atoms with van der Waals surface area (Å²) in [6.45, 7) is 1.25. The van der Waals surface area contributed by atoms with E-state index in [1.54, 1.807) is 19.1 Å². The molecule has 3 aromatic rings. The molecule has 6 rings (SSSR count). The predicted molar refractivity (Wildman–Crippen MR) is 130 cm³/mol. The Morgan fingerprint density at radius 1 is 1.35 bits per heavy atom. The summed E-state index contributed by atoms with van der Waals surface area (Å²) in [6, 6.07) is 4.49. The van der Waals surface area contributed by atoms with Crippen molar-refractivity contribution in [3.05, 3.63) is 61.6 Å². The van der Waals surface area contributed by atoms with Crippen LogP contribution in [0.5, 0.6) is 0 Å². The van der Waals surface area contributed by atoms with Crippen LogP contribution < -0.4 is 10.9 Å². The van der Waals surface area contributed by atoms with Gasteiger partial charge in [0.1, 0.15) is 12.7 Å². The minimum absolute atomic E-state index is 0.00401. The molecule has 3 aliphatic rings. The maximum Gasteiger partial charge on any atom is 0.343 e. The predicted octanol–water partition coefficient (Wildman–Crippen LogP) is 2.26. The highest BCUT2D eigenvalue weighted by atomic mass is 35.5. The van der Waals surface area contributed by atoms with Crippen molar-refractivity contribution < 1.29 is 28.9 Å². The zero-order valence-electron chi connectivity index (χ0n) is 19.8. The van der Waals surface area contributed by atoms with Crippen molar-refractivity contribution in [2.24, 2.45) is 5.92 Å². The van der Waals surface area contributed by atoms with Crippen molar-refractivity contribution in [3.63, 3.8) is 0 Å². The number of fused-ring (bicyclic) bond motifs is 5. The first kappa shape index (κ1) is 24.0. The summed E-state index contributed by atoms with van der Waals surface area (Å²) in [6.07, 6.45) is 0.395. The van der Waals surface area contributed by atoms with Gasteiger partial charge in [0.05, 0.1) is 34.0 Å². The molecule has 2 atom stereocenters. The largest absolute Gasteiger partial charge is 0.458 e. The number of carbonyl (C=O) groups is 2. The van der Waals surface area contributed by atoms with Gasteiger partial charge < -0.3 is 24.8 Å². The van der Waals surface area contributed by atoms with E-state index in [0.717, 1.165) is 12.8 Å². The standard InChI is InChI=1S/C26H23ClFN3O6/c1-2-26(36)15-7-18-21-13(9-31(18)24(34)14(15)10-37-25(26)35)12(8-29-23(33)22(32)11-3-4-11)19-17(30-21)6-5-16(27)20(19)28/h5-7,11,22,32,36H,2-4,8-10H2,1H3,(H,29,33)/t22-,26-/m0/s1. The average molecular weight is 528 g/mol. The molecule has 3 N–H and O–H groups in total. The molecule has 1 aliphatic carbocycles. The van der Waals surface area contributed by atoms with Crippen LogP contribution in [0.15, 0.2) is 23.0 Å². The maximum atomic E-state index is 15.3. The van der Waals surface area contributed by atoms with Crippen LogP contribution in [0.4, 0.5) is 4.39 Å². The molecule has 1 saturated carbocycles. The van der Waals surface area contributed by atoms with Crippen LogP contribution in [0.25, 0.3) is 22.3 Å². The number of pyridine rings is 2. The van der Waals surface area contributed by atoms with E-state index in [2.05, 4.69) is 10.3 Å². The molecule has 37 heavy (non-hydrogen) atoms. The van der Waals surface area contributed by atoms with Gasteiger partial charge in [-0.2, -0.15) is 0 Å². The van der Waals surface area contributed by atoms with Gasteiger partial charge in [0.2, 0.25) is 5.91 Å². The van der Waals surface area contributed by atoms with Gasteiger partial charge in [-0.3, -0.25) is 9.59 Å². The number of amides is 1. The molecule has 0 spiro atoms. The molecule has 1 aromatic carbocycles. The van der Waals surface area contributed by atoms with Gasteiger partial charge in [-0.25, -0.2) is 14.2 Å². The normalized spacial score (nSPS) is 20.7. The van der Waals surface area contributed by atoms with Crippen molar-refractivity contribution >= 4 is 34.4 Å². The zero-order valence-corrected chi connectivity index (χ0v) is 20.6. The summed E-state index contributed by atoms with van der Waals surface area (Å²) in [5.41, 5.74) is -0.206. The van der Waals surface area contributed by atoms with Gasteiger partial charge in [0.15, 0.2) is 11.4 Å². The quantitative estimate of drug-likeness (QED) is 0.339. The van der Waals surface area contributed by atoms with Gasteiger partial charge in [0.25, 0.3) is 5.56 Å². The van der Waals surface area contributed by atoms with Crippen molar-refractivity contribution in [2.45, 2.75) is 57.6 Å². The van der Waals surface area contributed by atoms with Crippen molar-refractivity contribution in [1.82, 2.24) is 14.9 Å². The number of esters is 1. The Bertz CT molecular complexity index is 1580. The highest BCUT2D eigenvalue weighted by Gasteiger charge is 2.45. The van der Waals surface area contributed by atoms with Crippen molar-refractivity contribution in [1.29, 1.82) is 0 Å². The molecule has 4 heterocycles. The summed E-state index contributed by atoms with van der Waals surface area (Å²) < 4.78 is 21.8. The summed E-state index contributed by atoms with van der Waals surface area (Å²) >= 11 is 6.08. The van der Waals surface area contributed by atoms with Crippen LogP contribution in [0.2, 0.25) is 5.02 Å². The van der Waals surface area contributed by atoms with Crippen LogP contribution in [-0.4, -0.2) is 37.7 Å². The highest BCUT2D eigenvalue weighted by Crippen LogP contribution is 2.41. The zero-order chi connectivity index (χ0) is 26.2. The lowest BCUT2D eigenvalue weighted by Crippen LogP contribution is -2.44. The first-order valence-corrected chi connectivity index (χ1v) is 12.5. The van der Waals surface area contributed by atoms with Gasteiger partial charge in [-0.1, -0.05) is 18.5 Å². The molecule has 2 aliphatic heterocycles. The third kappa shape index (κ3) is 3.50. The molecule has 9 nitrogen and oxygen atoms in total. The fourth-order valence-corrected chi connectivity index (χ4v) is 5.45. The number of aliphatic hydroxyl groups excluding tert-OH is 1. The number of cyclic esters (lactones) is 1. The number of benzene rings is 1. The SMILES string of the molecule is CC[C@@]1(O)C(=O)OCc2c1cc1n(c2=O)Cc2c-1nc1ccc(Cl)c(F)c1c2CNC(=O)[C@@H](O)C1CC1. The van der Waals surface area contributed by atoms with Crippen LogP contribution in [0, 0.1) is 11.7 Å². The van der Waals surface area contributed by atoms with Crippen LogP contribution in [0.3, 0.4) is 0 Å². The van der Waals surface area contributed by atoms with Crippen LogP contribution in [0.1, 0.15) is 48.4 Å². The summed E-state index contributed by atoms with van der Waals surface area (Å²) in [7, 11) is 0. The van der Waals surface area contributed by atoms with E-state index in [1.807, 2.05) is 0 Å². The van der Waals surface area contributed by atoms with E-state index in [9.17, 15) is 24.6 Å². The first-order chi connectivity index (χ1) is 17.7. The molecule has 0 bridgehead atoms. The lowest BCUT2D eigenvalue weighted by atomic mass is 9.86. The Balaban J connectivity index is 1.54. The molecule has 1 fully saturated rings. The first-order valence-electron chi connectivity index (χ1n) is 12.1. The Hall–Kier alpha value is -3.34. The van der Waals surface area contributed by atoms with Crippen molar-refractivity contribution in [3.8, 4) is 11.4 Å². The number of hydrogen-bond donors (Lipinski definition) is 3. The van der Waals surface area contributed by atoms with Gasteiger partial charge in [0, 0.05) is 23.1 Å². The van der Waals surface area contributed by atoms with Gasteiger partial charge >= 0.3 is 5.97 Å². The van der Waals surface area contributed by atoms with Gasteiger partial charge in [-0.15, -0.1) is 0 Å². The van der Waals surface area contributed by atoms with E-state index in [-0.39, 0.29) is 59.1 Å². The number of halogens is 2. The van der Waals surface area contributed by atoms with E-state index < -0.39 is 35.0 Å². The number of hydrogen-bond acceptors (Lipinski definition) is 7. The molecule has 2 aromatic heterocycles. The Kier molecular flexibility index (Phi) is 5.41. The monoisotopic (exact) mass is 527 g/mol. The van der Waals surface area contributed by atoms with E-state index >= 15 is 4.39 Å². The minimum Gasteiger partial charge on any atom is -0.458 e. The average Bonchev–Trinajstić information content (AvgIpc) is 3.67. The number of nitrogens with one attached hydrogen (secondary N) is 1. The lowest BCUT2D eigenvalue weighted by Gasteiger charge is -2.31. The van der Waals surface area contributed by atoms with E-state index in [1.165, 1.54) is 10.6 Å². The Morgan fingerprint density at radius 2 is 2.11 bits per heavy atom. The van der Waals surface area contributed by atoms with E-state index in [0.29, 0.717) is 22.5 Å². The molecular formula is C26H23ClFN3O6. The number of carbonyl (C=O) groups excluding carboxylic acids is 2.